The van der Waals surface area contributed by atoms with Crippen molar-refractivity contribution in [2.45, 2.75) is 6.55 Å². The van der Waals surface area contributed by atoms with E-state index in [1.165, 1.54) is 6.55 Å². The van der Waals surface area contributed by atoms with Crippen LogP contribution in [0.3, 0.4) is 0 Å². The molecule has 0 atom stereocenters. The quantitative estimate of drug-likeness (QED) is 0.514. The highest BCUT2D eigenvalue weighted by atomic mass is 28.3. The van der Waals surface area contributed by atoms with E-state index in [-0.39, 0.29) is 0 Å². The van der Waals surface area contributed by atoms with Crippen LogP contribution in [-0.2, 0) is 0 Å². The third-order valence-electron chi connectivity index (χ3n) is 3.00. The maximum atomic E-state index is 8.53. The van der Waals surface area contributed by atoms with Crippen molar-refractivity contribution in [1.29, 1.82) is 0 Å². The van der Waals surface area contributed by atoms with Crippen LogP contribution in [0.15, 0.2) is 90.6 Å². The average molecular weight is 290 g/mol. The molecule has 0 spiro atoms. The van der Waals surface area contributed by atoms with Crippen LogP contribution in [0.5, 0.6) is 0 Å². The number of rotatable bonds is 3. The summed E-state index contributed by atoms with van der Waals surface area (Å²) in [5.74, 6) is 0. The molecule has 0 heterocycles. The van der Waals surface area contributed by atoms with E-state index in [4.69, 9.17) is 20.6 Å². The van der Waals surface area contributed by atoms with Gasteiger partial charge >= 0.3 is 0 Å². The monoisotopic (exact) mass is 289 g/mol. The van der Waals surface area contributed by atoms with Gasteiger partial charge in [0, 0.05) is 0 Å². The van der Waals surface area contributed by atoms with Gasteiger partial charge in [0.25, 0.3) is 0 Å². The topological polar surface area (TPSA) is 0 Å². The highest BCUT2D eigenvalue weighted by Crippen LogP contribution is 2.06. The second-order valence-electron chi connectivity index (χ2n) is 4.12. The van der Waals surface area contributed by atoms with Gasteiger partial charge in [-0.1, -0.05) is 97.2 Å². The molecule has 0 saturated heterocycles. The predicted octanol–water partition coefficient (Wildman–Crippen LogP) is 2.79. The standard InChI is InChI=1S/C19H18Si/c1-20(17-11-5-2-6-12-17,18-13-7-3-8-14-18)19-15-9-4-10-16-19/h2-16H,1H3/i2D,3D,4D,5D,6D,7D,8D,9D,10D,11D,12D,13D,14D,15D,16D. The lowest BCUT2D eigenvalue weighted by Crippen LogP contribution is -2.64. The van der Waals surface area contributed by atoms with Gasteiger partial charge in [-0.05, 0) is 15.6 Å². The molecule has 0 aliphatic carbocycles. The molecule has 0 bridgehead atoms. The Morgan fingerprint density at radius 3 is 1.05 bits per heavy atom. The Balaban J connectivity index is 2.78. The third kappa shape index (κ3) is 2.21. The molecule has 3 aromatic rings. The summed E-state index contributed by atoms with van der Waals surface area (Å²) in [6.07, 6.45) is 0. The molecule has 0 amide bonds. The fourth-order valence-corrected chi connectivity index (χ4v) is 4.50. The van der Waals surface area contributed by atoms with Crippen molar-refractivity contribution in [1.82, 2.24) is 0 Å². The van der Waals surface area contributed by atoms with Gasteiger partial charge in [0.05, 0.1) is 20.6 Å². The highest BCUT2D eigenvalue weighted by Gasteiger charge is 2.33. The van der Waals surface area contributed by atoms with Crippen LogP contribution < -0.4 is 15.6 Å². The second kappa shape index (κ2) is 5.47. The minimum absolute atomic E-state index is 0.458. The smallest absolute Gasteiger partial charge is 0.0624 e. The average Bonchev–Trinajstić information content (AvgIpc) is 2.81. The van der Waals surface area contributed by atoms with Gasteiger partial charge in [-0.25, -0.2) is 0 Å². The highest BCUT2D eigenvalue weighted by molar-refractivity contribution is 7.10. The van der Waals surface area contributed by atoms with Crippen LogP contribution in [0.4, 0.5) is 0 Å². The fourth-order valence-electron chi connectivity index (χ4n) is 1.88. The van der Waals surface area contributed by atoms with Crippen molar-refractivity contribution in [3.63, 3.8) is 0 Å². The van der Waals surface area contributed by atoms with Crippen molar-refractivity contribution < 1.29 is 20.6 Å². The normalized spacial score (nSPS) is 21.8. The molecule has 0 fully saturated rings. The van der Waals surface area contributed by atoms with Gasteiger partial charge in [-0.2, -0.15) is 0 Å². The Bertz CT molecular complexity index is 1160. The first kappa shape index (κ1) is 4.19. The molecule has 0 saturated carbocycles. The Labute approximate surface area is 142 Å². The number of hydrogen-bond acceptors (Lipinski definition) is 0. The lowest BCUT2D eigenvalue weighted by molar-refractivity contribution is 1.66. The van der Waals surface area contributed by atoms with Gasteiger partial charge in [0.15, 0.2) is 0 Å². The van der Waals surface area contributed by atoms with E-state index in [0.29, 0.717) is 0 Å². The molecule has 3 rings (SSSR count). The van der Waals surface area contributed by atoms with E-state index in [1.807, 2.05) is 0 Å². The summed E-state index contributed by atoms with van der Waals surface area (Å²) in [6, 6.07) is -11.3. The molecular weight excluding hydrogens is 256 g/mol. The van der Waals surface area contributed by atoms with Crippen LogP contribution in [0.25, 0.3) is 0 Å². The van der Waals surface area contributed by atoms with E-state index in [0.717, 1.165) is 0 Å². The van der Waals surface area contributed by atoms with Gasteiger partial charge in [0.1, 0.15) is 8.07 Å². The summed E-state index contributed by atoms with van der Waals surface area (Å²) in [5, 5.41) is -1.37. The van der Waals surface area contributed by atoms with Gasteiger partial charge in [-0.15, -0.1) is 0 Å². The molecule has 0 nitrogen and oxygen atoms in total. The van der Waals surface area contributed by atoms with Crippen molar-refractivity contribution >= 4 is 23.6 Å². The van der Waals surface area contributed by atoms with Crippen LogP contribution in [-0.4, -0.2) is 8.07 Å². The van der Waals surface area contributed by atoms with Crippen molar-refractivity contribution in [2.75, 3.05) is 0 Å². The first-order chi connectivity index (χ1) is 16.0. The van der Waals surface area contributed by atoms with Crippen molar-refractivity contribution in [3.05, 3.63) is 90.6 Å². The summed E-state index contributed by atoms with van der Waals surface area (Å²) < 4.78 is 124. The summed E-state index contributed by atoms with van der Waals surface area (Å²) in [5.41, 5.74) is 0. The Kier molecular flexibility index (Phi) is 1.15. The van der Waals surface area contributed by atoms with E-state index in [2.05, 4.69) is 0 Å². The van der Waals surface area contributed by atoms with Gasteiger partial charge in [0.2, 0.25) is 0 Å². The van der Waals surface area contributed by atoms with Crippen molar-refractivity contribution in [2.24, 2.45) is 0 Å². The summed E-state index contributed by atoms with van der Waals surface area (Å²) in [7, 11) is -4.50. The number of hydrogen-bond donors (Lipinski definition) is 0. The van der Waals surface area contributed by atoms with Crippen molar-refractivity contribution in [3.8, 4) is 0 Å². The lowest BCUT2D eigenvalue weighted by Gasteiger charge is -2.29. The third-order valence-corrected chi connectivity index (χ3v) is 6.75. The first-order valence-corrected chi connectivity index (χ1v) is 8.25. The summed E-state index contributed by atoms with van der Waals surface area (Å²) in [6.45, 7) is 1.27. The van der Waals surface area contributed by atoms with E-state index in [1.54, 1.807) is 0 Å². The molecule has 0 aliphatic rings. The minimum Gasteiger partial charge on any atom is -0.0624 e. The predicted molar refractivity (Wildman–Crippen MR) is 89.8 cm³/mol. The minimum atomic E-state index is -4.50. The zero-order valence-electron chi connectivity index (χ0n) is 25.5. The molecule has 0 aromatic heterocycles. The maximum Gasteiger partial charge on any atom is 0.145 e. The zero-order valence-corrected chi connectivity index (χ0v) is 11.5. The lowest BCUT2D eigenvalue weighted by atomic mass is 10.3. The largest absolute Gasteiger partial charge is 0.145 e. The zero-order chi connectivity index (χ0) is 26.9. The second-order valence-corrected chi connectivity index (χ2v) is 7.88. The van der Waals surface area contributed by atoms with E-state index >= 15 is 0 Å². The maximum absolute atomic E-state index is 8.53. The molecule has 98 valence electrons. The van der Waals surface area contributed by atoms with Crippen LogP contribution in [0, 0.1) is 0 Å². The summed E-state index contributed by atoms with van der Waals surface area (Å²) >= 11 is 0. The molecule has 0 unspecified atom stereocenters. The SMILES string of the molecule is [2H]c1c([2H])c([2H])c([Si](C)(c2c([2H])c([2H])c([2H])c([2H])c2[2H])c2c([2H])c([2H])c([2H])c([2H])c2[2H])c([2H])c1[2H]. The fraction of sp³-hybridized carbons (Fsp3) is 0.0526. The van der Waals surface area contributed by atoms with Gasteiger partial charge < -0.3 is 0 Å². The molecule has 0 N–H and O–H groups in total. The Morgan fingerprint density at radius 2 is 0.800 bits per heavy atom. The first-order valence-electron chi connectivity index (χ1n) is 13.2. The molecule has 3 aromatic carbocycles. The van der Waals surface area contributed by atoms with Crippen LogP contribution in [0.2, 0.25) is 6.55 Å². The molecule has 0 aliphatic heterocycles. The molecule has 1 heteroatoms. The van der Waals surface area contributed by atoms with Crippen LogP contribution >= 0.6 is 0 Å². The Morgan fingerprint density at radius 1 is 0.550 bits per heavy atom. The number of benzene rings is 3. The van der Waals surface area contributed by atoms with E-state index < -0.39 is 114 Å². The molecule has 20 heavy (non-hydrogen) atoms. The molecule has 0 radical (unpaired) electrons. The van der Waals surface area contributed by atoms with Crippen LogP contribution in [0.1, 0.15) is 20.6 Å². The summed E-state index contributed by atoms with van der Waals surface area (Å²) in [4.78, 5) is 0. The van der Waals surface area contributed by atoms with Gasteiger partial charge in [-0.3, -0.25) is 0 Å². The van der Waals surface area contributed by atoms with E-state index in [9.17, 15) is 0 Å². The molecular formula is C19H18Si. The Hall–Kier alpha value is -2.12.